The second-order valence-corrected chi connectivity index (χ2v) is 12.4. The number of aromatic nitrogens is 5. The quantitative estimate of drug-likeness (QED) is 0.0447. The molecule has 0 spiro atoms. The maximum Gasteiger partial charge on any atom is 0.261 e. The summed E-state index contributed by atoms with van der Waals surface area (Å²) < 4.78 is 32.9. The monoisotopic (exact) mass is 648 g/mol. The Morgan fingerprint density at radius 2 is 1.91 bits per heavy atom. The Balaban J connectivity index is 1.32. The lowest BCUT2D eigenvalue weighted by Gasteiger charge is -2.14. The van der Waals surface area contributed by atoms with Crippen LogP contribution in [0.15, 0.2) is 101 Å². The summed E-state index contributed by atoms with van der Waals surface area (Å²) >= 11 is 6.59. The highest BCUT2D eigenvalue weighted by molar-refractivity contribution is 7.98. The van der Waals surface area contributed by atoms with Crippen LogP contribution < -0.4 is 25.5 Å². The summed E-state index contributed by atoms with van der Waals surface area (Å²) in [5.41, 5.74) is 8.38. The summed E-state index contributed by atoms with van der Waals surface area (Å²) in [5, 5.41) is 12.8. The molecule has 0 radical (unpaired) electrons. The first kappa shape index (κ1) is 30.4. The minimum atomic E-state index is -4.04. The number of rotatable bonds is 12. The fraction of sp³-hybridized carbons (Fsp3) is 0.0714. The number of hydrogen-bond acceptors (Lipinski definition) is 9. The number of anilines is 3. The Hall–Kier alpha value is -5.06. The van der Waals surface area contributed by atoms with Gasteiger partial charge in [0.1, 0.15) is 7.05 Å². The standard InChI is InChI=1S/C28H25N9O4S3/c1-36-12-4-5-19(16-36)17-43-26-15-22(10-11-25(26)31-29-18-38)33-44(40,41)24-9-3-7-21(14-24)30-27(39)20-6-2-8-23(13-20)37-28(42)32-34-35-37/h2-16,18H,17H2,1H3,(H4-,29,30,31,32,33,34,35,38,39,42)/p+1. The maximum absolute atomic E-state index is 13.4. The molecule has 16 heteroatoms. The summed E-state index contributed by atoms with van der Waals surface area (Å²) in [6, 6.07) is 21.4. The van der Waals surface area contributed by atoms with E-state index in [4.69, 9.17) is 12.2 Å². The lowest BCUT2D eigenvalue weighted by atomic mass is 10.2. The number of benzene rings is 3. The molecule has 0 aliphatic carbocycles. The third-order valence-corrected chi connectivity index (χ3v) is 8.90. The number of carbonyl (C=O) groups is 2. The molecule has 0 atom stereocenters. The Morgan fingerprint density at radius 1 is 1.07 bits per heavy atom. The molecule has 0 aliphatic heterocycles. The number of amides is 2. The molecule has 5 aromatic rings. The van der Waals surface area contributed by atoms with Gasteiger partial charge in [-0.25, -0.2) is 17.7 Å². The van der Waals surface area contributed by atoms with Crippen LogP contribution in [-0.2, 0) is 27.6 Å². The van der Waals surface area contributed by atoms with Crippen LogP contribution in [0.3, 0.4) is 0 Å². The Bertz CT molecular complexity index is 1990. The number of pyridine rings is 1. The zero-order chi connectivity index (χ0) is 31.1. The summed E-state index contributed by atoms with van der Waals surface area (Å²) in [7, 11) is -2.11. The average molecular weight is 649 g/mol. The van der Waals surface area contributed by atoms with Crippen LogP contribution in [0.25, 0.3) is 5.69 Å². The van der Waals surface area contributed by atoms with E-state index in [9.17, 15) is 18.0 Å². The maximum atomic E-state index is 13.4. The van der Waals surface area contributed by atoms with Gasteiger partial charge in [-0.15, -0.1) is 11.8 Å². The molecular weight excluding hydrogens is 623 g/mol. The van der Waals surface area contributed by atoms with Gasteiger partial charge in [0, 0.05) is 33.5 Å². The first-order valence-corrected chi connectivity index (χ1v) is 15.8. The second kappa shape index (κ2) is 13.5. The van der Waals surface area contributed by atoms with Gasteiger partial charge in [0.25, 0.3) is 15.9 Å². The van der Waals surface area contributed by atoms with Crippen molar-refractivity contribution in [2.24, 2.45) is 7.05 Å². The highest BCUT2D eigenvalue weighted by Gasteiger charge is 2.17. The van der Waals surface area contributed by atoms with Crippen LogP contribution in [0.5, 0.6) is 0 Å². The van der Waals surface area contributed by atoms with Crippen LogP contribution in [0, 0.1) is 4.77 Å². The van der Waals surface area contributed by atoms with E-state index >= 15 is 0 Å². The molecule has 0 aliphatic rings. The van der Waals surface area contributed by atoms with Crippen molar-refractivity contribution in [2.45, 2.75) is 15.5 Å². The molecular formula is C28H26N9O4S3+. The van der Waals surface area contributed by atoms with Gasteiger partial charge in [0.05, 0.1) is 22.0 Å². The molecule has 3 aromatic carbocycles. The van der Waals surface area contributed by atoms with E-state index in [1.807, 2.05) is 36.1 Å². The molecule has 0 bridgehead atoms. The van der Waals surface area contributed by atoms with Crippen molar-refractivity contribution in [2.75, 3.05) is 15.5 Å². The number of aryl methyl sites for hydroxylation is 1. The van der Waals surface area contributed by atoms with Gasteiger partial charge in [0.15, 0.2) is 12.4 Å². The van der Waals surface area contributed by atoms with Crippen LogP contribution in [0.1, 0.15) is 15.9 Å². The minimum absolute atomic E-state index is 0.0466. The molecule has 2 aromatic heterocycles. The van der Waals surface area contributed by atoms with Gasteiger partial charge in [-0.3, -0.25) is 25.2 Å². The number of thioether (sulfide) groups is 1. The van der Waals surface area contributed by atoms with E-state index in [0.717, 1.165) is 5.56 Å². The van der Waals surface area contributed by atoms with E-state index in [-0.39, 0.29) is 15.4 Å². The average Bonchev–Trinajstić information content (AvgIpc) is 3.45. The number of tetrazole rings is 1. The number of hydrazine groups is 1. The van der Waals surface area contributed by atoms with Crippen molar-refractivity contribution < 1.29 is 22.6 Å². The normalized spacial score (nSPS) is 11.0. The van der Waals surface area contributed by atoms with Gasteiger partial charge in [-0.2, -0.15) is 5.21 Å². The SMILES string of the molecule is C[n+]1cccc(CSc2cc(NS(=O)(=O)c3cccc(NC(=O)c4cccc(-n5[nH]nnc5=S)c4)c3)ccc2NNC=O)c1. The van der Waals surface area contributed by atoms with Gasteiger partial charge < -0.3 is 5.32 Å². The van der Waals surface area contributed by atoms with Crippen molar-refractivity contribution in [3.63, 3.8) is 0 Å². The molecule has 2 heterocycles. The molecule has 5 N–H and O–H groups in total. The van der Waals surface area contributed by atoms with Crippen LogP contribution in [0.2, 0.25) is 0 Å². The summed E-state index contributed by atoms with van der Waals surface area (Å²) in [5.74, 6) is 0.158. The predicted octanol–water partition coefficient (Wildman–Crippen LogP) is 3.57. The Morgan fingerprint density at radius 3 is 2.68 bits per heavy atom. The number of nitrogens with one attached hydrogen (secondary N) is 5. The van der Waals surface area contributed by atoms with Crippen molar-refractivity contribution in [1.29, 1.82) is 0 Å². The topological polar surface area (TPSA) is 167 Å². The second-order valence-electron chi connectivity index (χ2n) is 9.32. The fourth-order valence-corrected chi connectivity index (χ4v) is 6.38. The van der Waals surface area contributed by atoms with Crippen LogP contribution >= 0.6 is 24.0 Å². The lowest BCUT2D eigenvalue weighted by Crippen LogP contribution is -2.26. The van der Waals surface area contributed by atoms with Gasteiger partial charge >= 0.3 is 0 Å². The smallest absolute Gasteiger partial charge is 0.261 e. The number of carbonyl (C=O) groups excluding carboxylic acids is 2. The van der Waals surface area contributed by atoms with Crippen molar-refractivity contribution >= 4 is 63.4 Å². The zero-order valence-corrected chi connectivity index (χ0v) is 25.5. The molecule has 0 saturated heterocycles. The number of hydrogen-bond donors (Lipinski definition) is 5. The Kier molecular flexibility index (Phi) is 9.32. The van der Waals surface area contributed by atoms with Gasteiger partial charge in [-0.05, 0) is 72.9 Å². The number of nitrogens with zero attached hydrogens (tertiary/aromatic N) is 4. The fourth-order valence-electron chi connectivity index (χ4n) is 4.12. The molecule has 0 saturated carbocycles. The van der Waals surface area contributed by atoms with Crippen molar-refractivity contribution in [1.82, 2.24) is 25.6 Å². The largest absolute Gasteiger partial charge is 0.322 e. The van der Waals surface area contributed by atoms with Gasteiger partial charge in [0.2, 0.25) is 11.2 Å². The molecule has 44 heavy (non-hydrogen) atoms. The van der Waals surface area contributed by atoms with Gasteiger partial charge in [-0.1, -0.05) is 22.4 Å². The van der Waals surface area contributed by atoms with Crippen molar-refractivity contribution in [3.8, 4) is 5.69 Å². The van der Waals surface area contributed by atoms with E-state index in [1.54, 1.807) is 48.5 Å². The number of H-pyrrole nitrogens is 1. The summed E-state index contributed by atoms with van der Waals surface area (Å²) in [4.78, 5) is 24.5. The first-order chi connectivity index (χ1) is 21.2. The molecule has 224 valence electrons. The van der Waals surface area contributed by atoms with E-state index < -0.39 is 15.9 Å². The molecule has 5 rings (SSSR count). The van der Waals surface area contributed by atoms with E-state index in [2.05, 4.69) is 36.4 Å². The first-order valence-electron chi connectivity index (χ1n) is 12.9. The molecule has 0 fully saturated rings. The molecule has 2 amide bonds. The number of aromatic amines is 1. The summed E-state index contributed by atoms with van der Waals surface area (Å²) in [6.45, 7) is 0. The highest BCUT2D eigenvalue weighted by Crippen LogP contribution is 2.33. The van der Waals surface area contributed by atoms with Crippen molar-refractivity contribution in [3.05, 3.63) is 107 Å². The van der Waals surface area contributed by atoms with Crippen LogP contribution in [-0.4, -0.2) is 40.9 Å². The lowest BCUT2D eigenvalue weighted by molar-refractivity contribution is -0.671. The third-order valence-electron chi connectivity index (χ3n) is 6.14. The van der Waals surface area contributed by atoms with E-state index in [1.165, 1.54) is 34.6 Å². The van der Waals surface area contributed by atoms with Crippen LogP contribution in [0.4, 0.5) is 17.1 Å². The van der Waals surface area contributed by atoms with E-state index in [0.29, 0.717) is 39.7 Å². The molecule has 0 unspecified atom stereocenters. The zero-order valence-electron chi connectivity index (χ0n) is 23.1. The molecule has 13 nitrogen and oxygen atoms in total. The summed E-state index contributed by atoms with van der Waals surface area (Å²) in [6.07, 6.45) is 4.43. The third kappa shape index (κ3) is 7.47. The predicted molar refractivity (Wildman–Crippen MR) is 168 cm³/mol. The minimum Gasteiger partial charge on any atom is -0.322 e. The highest BCUT2D eigenvalue weighted by atomic mass is 32.2. The number of sulfonamides is 1. The Labute approximate surface area is 261 Å².